The molecular formula is C18H22BrNO. The molecule has 0 saturated heterocycles. The van der Waals surface area contributed by atoms with Gasteiger partial charge in [0.1, 0.15) is 0 Å². The van der Waals surface area contributed by atoms with Gasteiger partial charge >= 0.3 is 0 Å². The van der Waals surface area contributed by atoms with Gasteiger partial charge in [-0.25, -0.2) is 0 Å². The second-order valence-corrected chi connectivity index (χ2v) is 5.93. The molecule has 2 rings (SSSR count). The van der Waals surface area contributed by atoms with E-state index in [4.69, 9.17) is 4.74 Å². The number of ether oxygens (including phenoxy) is 1. The van der Waals surface area contributed by atoms with E-state index in [0.29, 0.717) is 13.2 Å². The van der Waals surface area contributed by atoms with E-state index in [1.165, 1.54) is 23.1 Å². The molecule has 0 radical (unpaired) electrons. The topological polar surface area (TPSA) is 21.3 Å². The molecule has 21 heavy (non-hydrogen) atoms. The van der Waals surface area contributed by atoms with Crippen molar-refractivity contribution in [3.8, 4) is 0 Å². The van der Waals surface area contributed by atoms with Crippen molar-refractivity contribution in [3.05, 3.63) is 69.7 Å². The summed E-state index contributed by atoms with van der Waals surface area (Å²) in [6.07, 6.45) is 1.17. The van der Waals surface area contributed by atoms with Crippen LogP contribution in [0.15, 0.2) is 53.0 Å². The van der Waals surface area contributed by atoms with Crippen LogP contribution in [0.5, 0.6) is 0 Å². The minimum absolute atomic E-state index is 0.626. The highest BCUT2D eigenvalue weighted by molar-refractivity contribution is 9.10. The molecule has 1 N–H and O–H groups in total. The second kappa shape index (κ2) is 8.98. The molecule has 0 fully saturated rings. The van der Waals surface area contributed by atoms with Crippen LogP contribution in [0.2, 0.25) is 0 Å². The molecule has 0 saturated carbocycles. The van der Waals surface area contributed by atoms with E-state index < -0.39 is 0 Å². The average Bonchev–Trinajstić information content (AvgIpc) is 2.51. The third-order valence-corrected chi connectivity index (χ3v) is 4.04. The lowest BCUT2D eigenvalue weighted by atomic mass is 10.1. The zero-order valence-electron chi connectivity index (χ0n) is 12.4. The molecule has 3 heteroatoms. The first kappa shape index (κ1) is 16.2. The van der Waals surface area contributed by atoms with Crippen molar-refractivity contribution in [1.82, 2.24) is 5.32 Å². The fraction of sp³-hybridized carbons (Fsp3) is 0.333. The second-order valence-electron chi connectivity index (χ2n) is 5.08. The van der Waals surface area contributed by atoms with Crippen molar-refractivity contribution in [2.75, 3.05) is 6.54 Å². The van der Waals surface area contributed by atoms with Gasteiger partial charge in [0, 0.05) is 11.0 Å². The van der Waals surface area contributed by atoms with Gasteiger partial charge in [-0.05, 0) is 35.7 Å². The van der Waals surface area contributed by atoms with Crippen LogP contribution in [0, 0.1) is 0 Å². The third-order valence-electron chi connectivity index (χ3n) is 3.26. The Hall–Kier alpha value is -1.16. The molecular weight excluding hydrogens is 326 g/mol. The average molecular weight is 348 g/mol. The van der Waals surface area contributed by atoms with Crippen molar-refractivity contribution < 1.29 is 4.74 Å². The molecule has 0 aliphatic heterocycles. The zero-order chi connectivity index (χ0) is 14.9. The maximum atomic E-state index is 5.78. The van der Waals surface area contributed by atoms with Crippen LogP contribution in [0.25, 0.3) is 0 Å². The Bertz CT molecular complexity index is 539. The van der Waals surface area contributed by atoms with E-state index in [1.807, 2.05) is 18.2 Å². The fourth-order valence-electron chi connectivity index (χ4n) is 2.06. The number of halogens is 1. The quantitative estimate of drug-likeness (QED) is 0.701. The SMILES string of the molecule is CCCNCc1ccc(COCc2ccccc2Br)cc1. The van der Waals surface area contributed by atoms with E-state index in [9.17, 15) is 0 Å². The van der Waals surface area contributed by atoms with Gasteiger partial charge in [0.25, 0.3) is 0 Å². The highest BCUT2D eigenvalue weighted by atomic mass is 79.9. The fourth-order valence-corrected chi connectivity index (χ4v) is 2.46. The van der Waals surface area contributed by atoms with Gasteiger partial charge in [0.2, 0.25) is 0 Å². The van der Waals surface area contributed by atoms with Gasteiger partial charge in [0.15, 0.2) is 0 Å². The molecule has 112 valence electrons. The Morgan fingerprint density at radius 2 is 1.67 bits per heavy atom. The lowest BCUT2D eigenvalue weighted by molar-refractivity contribution is 0.107. The summed E-state index contributed by atoms with van der Waals surface area (Å²) in [5.41, 5.74) is 3.71. The predicted octanol–water partition coefficient (Wildman–Crippen LogP) is 4.67. The lowest BCUT2D eigenvalue weighted by Crippen LogP contribution is -2.13. The number of hydrogen-bond donors (Lipinski definition) is 1. The third kappa shape index (κ3) is 5.62. The summed E-state index contributed by atoms with van der Waals surface area (Å²) in [6.45, 7) is 5.45. The van der Waals surface area contributed by atoms with Crippen molar-refractivity contribution in [1.29, 1.82) is 0 Å². The van der Waals surface area contributed by atoms with Crippen molar-refractivity contribution in [2.45, 2.75) is 33.1 Å². The lowest BCUT2D eigenvalue weighted by Gasteiger charge is -2.08. The highest BCUT2D eigenvalue weighted by Gasteiger charge is 1.99. The molecule has 0 bridgehead atoms. The predicted molar refractivity (Wildman–Crippen MR) is 91.1 cm³/mol. The number of benzene rings is 2. The van der Waals surface area contributed by atoms with E-state index in [0.717, 1.165) is 17.6 Å². The van der Waals surface area contributed by atoms with Crippen LogP contribution >= 0.6 is 15.9 Å². The summed E-state index contributed by atoms with van der Waals surface area (Å²) in [6, 6.07) is 16.8. The van der Waals surface area contributed by atoms with Crippen LogP contribution in [-0.2, 0) is 24.5 Å². The number of nitrogens with one attached hydrogen (secondary N) is 1. The summed E-state index contributed by atoms with van der Waals surface area (Å²) in [5.74, 6) is 0. The Kier molecular flexibility index (Phi) is 6.93. The molecule has 0 aliphatic carbocycles. The minimum atomic E-state index is 0.626. The Balaban J connectivity index is 1.77. The molecule has 2 aromatic rings. The van der Waals surface area contributed by atoms with Gasteiger partial charge in [-0.15, -0.1) is 0 Å². The first-order valence-corrected chi connectivity index (χ1v) is 8.18. The molecule has 0 aliphatic rings. The normalized spacial score (nSPS) is 10.8. The zero-order valence-corrected chi connectivity index (χ0v) is 14.0. The summed E-state index contributed by atoms with van der Waals surface area (Å²) in [7, 11) is 0. The van der Waals surface area contributed by atoms with E-state index >= 15 is 0 Å². The molecule has 2 aromatic carbocycles. The van der Waals surface area contributed by atoms with E-state index in [2.05, 4.69) is 58.5 Å². The molecule has 0 spiro atoms. The smallest absolute Gasteiger partial charge is 0.0732 e. The Labute approximate surface area is 135 Å². The van der Waals surface area contributed by atoms with Crippen LogP contribution in [0.4, 0.5) is 0 Å². The molecule has 0 amide bonds. The van der Waals surface area contributed by atoms with Gasteiger partial charge in [-0.2, -0.15) is 0 Å². The summed E-state index contributed by atoms with van der Waals surface area (Å²) in [5, 5.41) is 3.41. The van der Waals surface area contributed by atoms with Crippen LogP contribution in [-0.4, -0.2) is 6.54 Å². The first-order valence-electron chi connectivity index (χ1n) is 7.39. The standard InChI is InChI=1S/C18H22BrNO/c1-2-11-20-12-15-7-9-16(10-8-15)13-21-14-17-5-3-4-6-18(17)19/h3-10,20H,2,11-14H2,1H3. The van der Waals surface area contributed by atoms with Crippen LogP contribution in [0.3, 0.4) is 0 Å². The molecule has 0 aromatic heterocycles. The van der Waals surface area contributed by atoms with Crippen molar-refractivity contribution in [3.63, 3.8) is 0 Å². The van der Waals surface area contributed by atoms with Crippen LogP contribution in [0.1, 0.15) is 30.0 Å². The van der Waals surface area contributed by atoms with E-state index in [-0.39, 0.29) is 0 Å². The molecule has 0 heterocycles. The summed E-state index contributed by atoms with van der Waals surface area (Å²) >= 11 is 3.54. The summed E-state index contributed by atoms with van der Waals surface area (Å²) in [4.78, 5) is 0. The Morgan fingerprint density at radius 3 is 2.38 bits per heavy atom. The summed E-state index contributed by atoms with van der Waals surface area (Å²) < 4.78 is 6.88. The monoisotopic (exact) mass is 347 g/mol. The van der Waals surface area contributed by atoms with Crippen molar-refractivity contribution >= 4 is 15.9 Å². The Morgan fingerprint density at radius 1 is 0.952 bits per heavy atom. The van der Waals surface area contributed by atoms with Crippen molar-refractivity contribution in [2.24, 2.45) is 0 Å². The first-order chi connectivity index (χ1) is 10.3. The molecule has 2 nitrogen and oxygen atoms in total. The van der Waals surface area contributed by atoms with Crippen LogP contribution < -0.4 is 5.32 Å². The van der Waals surface area contributed by atoms with Gasteiger partial charge < -0.3 is 10.1 Å². The largest absolute Gasteiger partial charge is 0.372 e. The van der Waals surface area contributed by atoms with Gasteiger partial charge in [0.05, 0.1) is 13.2 Å². The number of hydrogen-bond acceptors (Lipinski definition) is 2. The van der Waals surface area contributed by atoms with Gasteiger partial charge in [-0.1, -0.05) is 65.3 Å². The highest BCUT2D eigenvalue weighted by Crippen LogP contribution is 2.17. The number of rotatable bonds is 8. The minimum Gasteiger partial charge on any atom is -0.372 e. The maximum absolute atomic E-state index is 5.78. The van der Waals surface area contributed by atoms with E-state index in [1.54, 1.807) is 0 Å². The molecule has 0 atom stereocenters. The molecule has 0 unspecified atom stereocenters. The maximum Gasteiger partial charge on any atom is 0.0732 e. The van der Waals surface area contributed by atoms with Gasteiger partial charge in [-0.3, -0.25) is 0 Å².